The van der Waals surface area contributed by atoms with Gasteiger partial charge in [0, 0.05) is 9.77 Å². The molecule has 0 aromatic carbocycles. The van der Waals surface area contributed by atoms with Crippen LogP contribution in [0.2, 0.25) is 0 Å². The summed E-state index contributed by atoms with van der Waals surface area (Å²) < 4.78 is 7.73. The van der Waals surface area contributed by atoms with Gasteiger partial charge in [-0.25, -0.2) is 14.6 Å². The first-order valence-corrected chi connectivity index (χ1v) is 9.52. The first-order chi connectivity index (χ1) is 12.9. The molecule has 3 aromatic rings. The molecule has 0 atom stereocenters. The SMILES string of the molecule is CCCOc1ncc(I)cc1-c1nc2c(CC)nn(CC(=O)O)c2c(=O)[nH]1. The van der Waals surface area contributed by atoms with Crippen LogP contribution in [0.15, 0.2) is 17.1 Å². The average molecular weight is 483 g/mol. The van der Waals surface area contributed by atoms with E-state index in [9.17, 15) is 9.59 Å². The fourth-order valence-electron chi connectivity index (χ4n) is 2.67. The molecule has 0 aliphatic rings. The highest BCUT2D eigenvalue weighted by atomic mass is 127. The third-order valence-electron chi connectivity index (χ3n) is 3.80. The van der Waals surface area contributed by atoms with Crippen LogP contribution in [0.5, 0.6) is 5.88 Å². The van der Waals surface area contributed by atoms with Gasteiger partial charge in [-0.2, -0.15) is 5.10 Å². The number of ether oxygens (including phenoxy) is 1. The third kappa shape index (κ3) is 3.94. The molecular formula is C17H18IN5O4. The first kappa shape index (κ1) is 19.3. The molecule has 0 amide bonds. The van der Waals surface area contributed by atoms with Gasteiger partial charge in [0.25, 0.3) is 5.56 Å². The minimum Gasteiger partial charge on any atom is -0.480 e. The summed E-state index contributed by atoms with van der Waals surface area (Å²) in [5.74, 6) is -0.382. The lowest BCUT2D eigenvalue weighted by Crippen LogP contribution is -2.17. The lowest BCUT2D eigenvalue weighted by molar-refractivity contribution is -0.137. The van der Waals surface area contributed by atoms with Crippen molar-refractivity contribution in [3.8, 4) is 17.3 Å². The third-order valence-corrected chi connectivity index (χ3v) is 4.39. The van der Waals surface area contributed by atoms with Crippen molar-refractivity contribution >= 4 is 39.6 Å². The number of rotatable bonds is 7. The Morgan fingerprint density at radius 3 is 2.85 bits per heavy atom. The van der Waals surface area contributed by atoms with Gasteiger partial charge < -0.3 is 14.8 Å². The zero-order valence-electron chi connectivity index (χ0n) is 14.8. The van der Waals surface area contributed by atoms with Gasteiger partial charge in [-0.1, -0.05) is 13.8 Å². The number of aromatic nitrogens is 5. The Kier molecular flexibility index (Phi) is 5.73. The normalized spacial score (nSPS) is 11.1. The number of aryl methyl sites for hydroxylation is 1. The number of pyridine rings is 1. The Morgan fingerprint density at radius 1 is 1.41 bits per heavy atom. The van der Waals surface area contributed by atoms with E-state index < -0.39 is 18.1 Å². The number of carboxylic acids is 1. The van der Waals surface area contributed by atoms with Gasteiger partial charge in [-0.05, 0) is 41.5 Å². The van der Waals surface area contributed by atoms with E-state index in [4.69, 9.17) is 9.84 Å². The van der Waals surface area contributed by atoms with Crippen LogP contribution in [-0.2, 0) is 17.8 Å². The summed E-state index contributed by atoms with van der Waals surface area (Å²) in [5.41, 5.74) is 1.21. The second kappa shape index (κ2) is 8.03. The van der Waals surface area contributed by atoms with Gasteiger partial charge in [-0.3, -0.25) is 9.59 Å². The molecule has 3 aromatic heterocycles. The fraction of sp³-hybridized carbons (Fsp3) is 0.353. The number of halogens is 1. The van der Waals surface area contributed by atoms with Crippen molar-refractivity contribution in [2.45, 2.75) is 33.2 Å². The summed E-state index contributed by atoms with van der Waals surface area (Å²) in [4.78, 5) is 35.4. The molecule has 0 unspecified atom stereocenters. The number of fused-ring (bicyclic) bond motifs is 1. The summed E-state index contributed by atoms with van der Waals surface area (Å²) in [7, 11) is 0. The van der Waals surface area contributed by atoms with E-state index in [0.717, 1.165) is 9.99 Å². The van der Waals surface area contributed by atoms with Crippen molar-refractivity contribution in [1.29, 1.82) is 0 Å². The maximum Gasteiger partial charge on any atom is 0.325 e. The quantitative estimate of drug-likeness (QED) is 0.494. The van der Waals surface area contributed by atoms with Gasteiger partial charge in [0.1, 0.15) is 17.9 Å². The number of hydrogen-bond donors (Lipinski definition) is 2. The molecule has 27 heavy (non-hydrogen) atoms. The molecule has 0 fully saturated rings. The van der Waals surface area contributed by atoms with Crippen molar-refractivity contribution in [2.24, 2.45) is 0 Å². The zero-order chi connectivity index (χ0) is 19.6. The predicted molar refractivity (Wildman–Crippen MR) is 107 cm³/mol. The van der Waals surface area contributed by atoms with E-state index in [1.807, 2.05) is 19.9 Å². The van der Waals surface area contributed by atoms with Crippen LogP contribution in [0, 0.1) is 3.57 Å². The average Bonchev–Trinajstić information content (AvgIpc) is 2.98. The molecule has 0 saturated heterocycles. The maximum atomic E-state index is 12.7. The summed E-state index contributed by atoms with van der Waals surface area (Å²) >= 11 is 2.13. The topological polar surface area (TPSA) is 123 Å². The van der Waals surface area contributed by atoms with Gasteiger partial charge in [0.15, 0.2) is 5.52 Å². The van der Waals surface area contributed by atoms with E-state index in [1.54, 1.807) is 6.20 Å². The molecule has 2 N–H and O–H groups in total. The van der Waals surface area contributed by atoms with E-state index in [2.05, 4.69) is 42.6 Å². The zero-order valence-corrected chi connectivity index (χ0v) is 17.0. The molecular weight excluding hydrogens is 465 g/mol. The summed E-state index contributed by atoms with van der Waals surface area (Å²) in [6, 6.07) is 1.83. The number of aliphatic carboxylic acids is 1. The van der Waals surface area contributed by atoms with Crippen molar-refractivity contribution in [3.63, 3.8) is 0 Å². The Morgan fingerprint density at radius 2 is 2.19 bits per heavy atom. The molecule has 0 saturated carbocycles. The van der Waals surface area contributed by atoms with E-state index >= 15 is 0 Å². The largest absolute Gasteiger partial charge is 0.480 e. The minimum atomic E-state index is -1.08. The highest BCUT2D eigenvalue weighted by Crippen LogP contribution is 2.28. The Labute approximate surface area is 167 Å². The number of carbonyl (C=O) groups is 1. The second-order valence-electron chi connectivity index (χ2n) is 5.82. The number of aromatic amines is 1. The lowest BCUT2D eigenvalue weighted by atomic mass is 10.2. The smallest absolute Gasteiger partial charge is 0.325 e. The Bertz CT molecular complexity index is 1060. The molecule has 3 heterocycles. The van der Waals surface area contributed by atoms with Crippen LogP contribution >= 0.6 is 22.6 Å². The Balaban J connectivity index is 2.22. The first-order valence-electron chi connectivity index (χ1n) is 8.44. The summed E-state index contributed by atoms with van der Waals surface area (Å²) in [6.07, 6.45) is 3.01. The standard InChI is InChI=1S/C17H18IN5O4/c1-3-5-27-17-10(6-9(18)7-19-17)15-20-13-11(4-2)22-23(8-12(24)25)14(13)16(26)21-15/h6-7H,3-5,8H2,1-2H3,(H,24,25)(H,20,21,26). The Hall–Kier alpha value is -2.50. The fourth-order valence-corrected chi connectivity index (χ4v) is 3.12. The molecule has 10 heteroatoms. The van der Waals surface area contributed by atoms with Gasteiger partial charge in [-0.15, -0.1) is 0 Å². The minimum absolute atomic E-state index is 0.146. The summed E-state index contributed by atoms with van der Waals surface area (Å²) in [5, 5.41) is 13.3. The van der Waals surface area contributed by atoms with E-state index in [-0.39, 0.29) is 5.52 Å². The molecule has 3 rings (SSSR count). The molecule has 0 radical (unpaired) electrons. The predicted octanol–water partition coefficient (Wildman–Crippen LogP) is 2.22. The second-order valence-corrected chi connectivity index (χ2v) is 7.06. The summed E-state index contributed by atoms with van der Waals surface area (Å²) in [6.45, 7) is 3.95. The number of nitrogens with zero attached hydrogens (tertiary/aromatic N) is 4. The molecule has 0 bridgehead atoms. The lowest BCUT2D eigenvalue weighted by Gasteiger charge is -2.10. The van der Waals surface area contributed by atoms with Gasteiger partial charge in [0.05, 0.1) is 17.9 Å². The molecule has 142 valence electrons. The molecule has 0 spiro atoms. The number of hydrogen-bond acceptors (Lipinski definition) is 6. The maximum absolute atomic E-state index is 12.7. The van der Waals surface area contributed by atoms with Gasteiger partial charge >= 0.3 is 5.97 Å². The molecule has 9 nitrogen and oxygen atoms in total. The number of carboxylic acid groups (broad SMARTS) is 1. The molecule has 0 aliphatic heterocycles. The van der Waals surface area contributed by atoms with Crippen molar-refractivity contribution < 1.29 is 14.6 Å². The highest BCUT2D eigenvalue weighted by Gasteiger charge is 2.20. The monoisotopic (exact) mass is 483 g/mol. The van der Waals surface area contributed by atoms with Crippen LogP contribution in [0.25, 0.3) is 22.4 Å². The van der Waals surface area contributed by atoms with E-state index in [1.165, 1.54) is 4.68 Å². The van der Waals surface area contributed by atoms with Crippen LogP contribution in [0.4, 0.5) is 0 Å². The van der Waals surface area contributed by atoms with Crippen LogP contribution in [0.3, 0.4) is 0 Å². The number of H-pyrrole nitrogens is 1. The van der Waals surface area contributed by atoms with Crippen LogP contribution in [-0.4, -0.2) is 42.4 Å². The highest BCUT2D eigenvalue weighted by molar-refractivity contribution is 14.1. The van der Waals surface area contributed by atoms with Crippen molar-refractivity contribution in [3.05, 3.63) is 31.9 Å². The van der Waals surface area contributed by atoms with Crippen LogP contribution in [0.1, 0.15) is 26.0 Å². The van der Waals surface area contributed by atoms with E-state index in [0.29, 0.717) is 41.5 Å². The van der Waals surface area contributed by atoms with Crippen molar-refractivity contribution in [2.75, 3.05) is 6.61 Å². The van der Waals surface area contributed by atoms with Gasteiger partial charge in [0.2, 0.25) is 5.88 Å². The molecule has 0 aliphatic carbocycles. The van der Waals surface area contributed by atoms with Crippen LogP contribution < -0.4 is 10.3 Å². The van der Waals surface area contributed by atoms with Crippen molar-refractivity contribution in [1.82, 2.24) is 24.7 Å². The number of nitrogens with one attached hydrogen (secondary N) is 1.